The SMILES string of the molecule is O=C1CCCC(=O)C1C(=O)c1ccc2[nH]c3c(c2c1)CCCC3. The maximum absolute atomic E-state index is 12.7. The zero-order valence-electron chi connectivity index (χ0n) is 13.0. The Hall–Kier alpha value is -2.23. The van der Waals surface area contributed by atoms with E-state index in [-0.39, 0.29) is 17.3 Å². The number of hydrogen-bond donors (Lipinski definition) is 1. The molecular weight excluding hydrogens is 290 g/mol. The molecule has 0 aliphatic heterocycles. The number of fused-ring (bicyclic) bond motifs is 3. The predicted molar refractivity (Wildman–Crippen MR) is 86.6 cm³/mol. The average Bonchev–Trinajstić information content (AvgIpc) is 2.92. The second-order valence-electron chi connectivity index (χ2n) is 6.63. The molecular formula is C19H19NO3. The van der Waals surface area contributed by atoms with Gasteiger partial charge >= 0.3 is 0 Å². The number of hydrogen-bond acceptors (Lipinski definition) is 3. The van der Waals surface area contributed by atoms with E-state index in [1.54, 1.807) is 6.07 Å². The molecule has 0 radical (unpaired) electrons. The van der Waals surface area contributed by atoms with Gasteiger partial charge in [-0.2, -0.15) is 0 Å². The highest BCUT2D eigenvalue weighted by atomic mass is 16.2. The third-order valence-electron chi connectivity index (χ3n) is 5.14. The van der Waals surface area contributed by atoms with Crippen LogP contribution in [0.5, 0.6) is 0 Å². The van der Waals surface area contributed by atoms with E-state index in [0.29, 0.717) is 24.8 Å². The third kappa shape index (κ3) is 2.33. The first-order chi connectivity index (χ1) is 11.1. The number of carbonyl (C=O) groups is 3. The Kier molecular flexibility index (Phi) is 3.40. The molecule has 0 unspecified atom stereocenters. The summed E-state index contributed by atoms with van der Waals surface area (Å²) in [7, 11) is 0. The van der Waals surface area contributed by atoms with E-state index in [9.17, 15) is 14.4 Å². The first kappa shape index (κ1) is 14.4. The van der Waals surface area contributed by atoms with Crippen molar-refractivity contribution in [1.29, 1.82) is 0 Å². The summed E-state index contributed by atoms with van der Waals surface area (Å²) in [5.74, 6) is -1.84. The first-order valence-corrected chi connectivity index (χ1v) is 8.38. The normalized spacial score (nSPS) is 19.1. The van der Waals surface area contributed by atoms with Crippen molar-refractivity contribution in [2.75, 3.05) is 0 Å². The van der Waals surface area contributed by atoms with E-state index in [1.165, 1.54) is 17.7 Å². The molecule has 1 heterocycles. The topological polar surface area (TPSA) is 67.0 Å². The summed E-state index contributed by atoms with van der Waals surface area (Å²) in [6.07, 6.45) is 5.68. The lowest BCUT2D eigenvalue weighted by Crippen LogP contribution is -2.35. The lowest BCUT2D eigenvalue weighted by Gasteiger charge is -2.18. The van der Waals surface area contributed by atoms with Crippen molar-refractivity contribution in [2.24, 2.45) is 5.92 Å². The minimum atomic E-state index is -1.07. The quantitative estimate of drug-likeness (QED) is 0.684. The number of Topliss-reactive ketones (excluding diaryl/α,β-unsaturated/α-hetero) is 3. The number of aromatic amines is 1. The summed E-state index contributed by atoms with van der Waals surface area (Å²) in [4.78, 5) is 40.2. The molecule has 2 aliphatic carbocycles. The summed E-state index contributed by atoms with van der Waals surface area (Å²) in [5, 5.41) is 1.07. The van der Waals surface area contributed by atoms with Crippen LogP contribution < -0.4 is 0 Å². The Morgan fingerprint density at radius 3 is 2.48 bits per heavy atom. The van der Waals surface area contributed by atoms with Crippen LogP contribution in [0.2, 0.25) is 0 Å². The number of rotatable bonds is 2. The molecule has 1 fully saturated rings. The van der Waals surface area contributed by atoms with Gasteiger partial charge in [0.2, 0.25) is 0 Å². The van der Waals surface area contributed by atoms with Crippen molar-refractivity contribution in [2.45, 2.75) is 44.9 Å². The largest absolute Gasteiger partial charge is 0.358 e. The molecule has 4 heteroatoms. The molecule has 1 saturated carbocycles. The van der Waals surface area contributed by atoms with Crippen LogP contribution in [0.15, 0.2) is 18.2 Å². The van der Waals surface area contributed by atoms with Crippen LogP contribution >= 0.6 is 0 Å². The lowest BCUT2D eigenvalue weighted by atomic mass is 9.81. The van der Waals surface area contributed by atoms with Gasteiger partial charge in [0.25, 0.3) is 0 Å². The molecule has 1 aromatic heterocycles. The number of nitrogens with one attached hydrogen (secondary N) is 1. The van der Waals surface area contributed by atoms with E-state index < -0.39 is 5.92 Å². The predicted octanol–water partition coefficient (Wildman–Crippen LogP) is 3.17. The smallest absolute Gasteiger partial charge is 0.180 e. The van der Waals surface area contributed by atoms with Crippen molar-refractivity contribution < 1.29 is 14.4 Å². The summed E-state index contributed by atoms with van der Waals surface area (Å²) >= 11 is 0. The number of carbonyl (C=O) groups excluding carboxylic acids is 3. The van der Waals surface area contributed by atoms with Gasteiger partial charge in [-0.25, -0.2) is 0 Å². The van der Waals surface area contributed by atoms with Gasteiger partial charge in [0.15, 0.2) is 17.3 Å². The molecule has 23 heavy (non-hydrogen) atoms. The van der Waals surface area contributed by atoms with E-state index in [0.717, 1.165) is 30.2 Å². The monoisotopic (exact) mass is 309 g/mol. The average molecular weight is 309 g/mol. The van der Waals surface area contributed by atoms with Crippen molar-refractivity contribution in [1.82, 2.24) is 4.98 Å². The number of benzene rings is 1. The molecule has 1 N–H and O–H groups in total. The summed E-state index contributed by atoms with van der Waals surface area (Å²) in [6.45, 7) is 0. The summed E-state index contributed by atoms with van der Waals surface area (Å²) in [6, 6.07) is 5.51. The molecule has 0 saturated heterocycles. The molecule has 4 nitrogen and oxygen atoms in total. The number of ketones is 3. The summed E-state index contributed by atoms with van der Waals surface area (Å²) < 4.78 is 0. The van der Waals surface area contributed by atoms with Gasteiger partial charge in [-0.1, -0.05) is 0 Å². The fraction of sp³-hybridized carbons (Fsp3) is 0.421. The van der Waals surface area contributed by atoms with Crippen LogP contribution in [0, 0.1) is 5.92 Å². The van der Waals surface area contributed by atoms with Crippen LogP contribution in [-0.4, -0.2) is 22.3 Å². The molecule has 0 bridgehead atoms. The van der Waals surface area contributed by atoms with Crippen LogP contribution in [0.3, 0.4) is 0 Å². The van der Waals surface area contributed by atoms with E-state index in [1.807, 2.05) is 12.1 Å². The van der Waals surface area contributed by atoms with Crippen molar-refractivity contribution in [3.63, 3.8) is 0 Å². The fourth-order valence-electron chi connectivity index (χ4n) is 3.92. The first-order valence-electron chi connectivity index (χ1n) is 8.38. The Bertz CT molecular complexity index is 814. The summed E-state index contributed by atoms with van der Waals surface area (Å²) in [5.41, 5.74) is 4.08. The highest BCUT2D eigenvalue weighted by Crippen LogP contribution is 2.31. The Balaban J connectivity index is 1.75. The Morgan fingerprint density at radius 1 is 0.957 bits per heavy atom. The molecule has 0 spiro atoms. The number of aryl methyl sites for hydroxylation is 2. The van der Waals surface area contributed by atoms with Crippen LogP contribution in [-0.2, 0) is 22.4 Å². The molecule has 0 amide bonds. The molecule has 4 rings (SSSR count). The fourth-order valence-corrected chi connectivity index (χ4v) is 3.92. The minimum absolute atomic E-state index is 0.220. The van der Waals surface area contributed by atoms with Gasteiger partial charge in [-0.15, -0.1) is 0 Å². The highest BCUT2D eigenvalue weighted by Gasteiger charge is 2.36. The Morgan fingerprint density at radius 2 is 1.70 bits per heavy atom. The van der Waals surface area contributed by atoms with Gasteiger partial charge in [0.05, 0.1) is 0 Å². The molecule has 0 atom stereocenters. The second kappa shape index (κ2) is 5.44. The molecule has 2 aliphatic rings. The van der Waals surface area contributed by atoms with Gasteiger partial charge in [0, 0.05) is 35.0 Å². The molecule has 118 valence electrons. The van der Waals surface area contributed by atoms with E-state index >= 15 is 0 Å². The van der Waals surface area contributed by atoms with Gasteiger partial charge in [-0.3, -0.25) is 14.4 Å². The number of H-pyrrole nitrogens is 1. The molecule has 1 aromatic carbocycles. The van der Waals surface area contributed by atoms with Crippen molar-refractivity contribution >= 4 is 28.3 Å². The van der Waals surface area contributed by atoms with Gasteiger partial charge in [-0.05, 0) is 55.9 Å². The maximum Gasteiger partial charge on any atom is 0.180 e. The van der Waals surface area contributed by atoms with E-state index in [2.05, 4.69) is 4.98 Å². The highest BCUT2D eigenvalue weighted by molar-refractivity contribution is 6.25. The molecule has 2 aromatic rings. The lowest BCUT2D eigenvalue weighted by molar-refractivity contribution is -0.133. The standard InChI is InChI=1S/C19H19NO3/c21-16-6-3-7-17(22)18(16)19(23)11-8-9-15-13(10-11)12-4-1-2-5-14(12)20-15/h8-10,18,20H,1-7H2. The van der Waals surface area contributed by atoms with Crippen molar-refractivity contribution in [3.05, 3.63) is 35.0 Å². The maximum atomic E-state index is 12.7. The van der Waals surface area contributed by atoms with Crippen molar-refractivity contribution in [3.8, 4) is 0 Å². The van der Waals surface area contributed by atoms with Crippen LogP contribution in [0.4, 0.5) is 0 Å². The Labute approximate surface area is 134 Å². The third-order valence-corrected chi connectivity index (χ3v) is 5.14. The van der Waals surface area contributed by atoms with Gasteiger partial charge in [0.1, 0.15) is 5.92 Å². The zero-order valence-corrected chi connectivity index (χ0v) is 13.0. The second-order valence-corrected chi connectivity index (χ2v) is 6.63. The number of aromatic nitrogens is 1. The van der Waals surface area contributed by atoms with Crippen LogP contribution in [0.1, 0.15) is 53.7 Å². The van der Waals surface area contributed by atoms with E-state index in [4.69, 9.17) is 0 Å². The van der Waals surface area contributed by atoms with Crippen LogP contribution in [0.25, 0.3) is 10.9 Å². The van der Waals surface area contributed by atoms with Gasteiger partial charge < -0.3 is 4.98 Å². The minimum Gasteiger partial charge on any atom is -0.358 e. The zero-order chi connectivity index (χ0) is 16.0.